The highest BCUT2D eigenvalue weighted by atomic mass is 32.1. The fourth-order valence-corrected chi connectivity index (χ4v) is 2.05. The number of fused-ring (bicyclic) bond motifs is 1. The van der Waals surface area contributed by atoms with E-state index < -0.39 is 0 Å². The molecule has 1 aromatic heterocycles. The molecule has 80 valence electrons. The van der Waals surface area contributed by atoms with Gasteiger partial charge in [0.25, 0.3) is 0 Å². The van der Waals surface area contributed by atoms with Gasteiger partial charge in [-0.25, -0.2) is 4.98 Å². The first-order valence-electron chi connectivity index (χ1n) is 4.63. The summed E-state index contributed by atoms with van der Waals surface area (Å²) in [6, 6.07) is 5.91. The number of hydrogen-bond acceptors (Lipinski definition) is 4. The molecule has 0 unspecified atom stereocenters. The Morgan fingerprint density at radius 1 is 1.56 bits per heavy atom. The molecule has 0 saturated carbocycles. The SMILES string of the molecule is [N-]=[N+]=NCC=Cc1ccc2sc(N)nc2c1. The lowest BCUT2D eigenvalue weighted by Gasteiger charge is -1.92. The number of nitrogens with two attached hydrogens (primary N) is 1. The van der Waals surface area contributed by atoms with E-state index in [1.165, 1.54) is 11.3 Å². The molecule has 0 radical (unpaired) electrons. The Balaban J connectivity index is 2.25. The van der Waals surface area contributed by atoms with Crippen LogP contribution >= 0.6 is 11.3 Å². The van der Waals surface area contributed by atoms with Crippen LogP contribution in [-0.4, -0.2) is 11.5 Å². The lowest BCUT2D eigenvalue weighted by Crippen LogP contribution is -1.79. The minimum atomic E-state index is 0.355. The smallest absolute Gasteiger partial charge is 0.181 e. The largest absolute Gasteiger partial charge is 0.375 e. The van der Waals surface area contributed by atoms with E-state index in [-0.39, 0.29) is 0 Å². The van der Waals surface area contributed by atoms with Crippen LogP contribution in [0.25, 0.3) is 26.7 Å². The molecule has 0 atom stereocenters. The highest BCUT2D eigenvalue weighted by molar-refractivity contribution is 7.22. The first kappa shape index (κ1) is 10.5. The summed E-state index contributed by atoms with van der Waals surface area (Å²) in [5, 5.41) is 3.99. The van der Waals surface area contributed by atoms with Gasteiger partial charge in [0.15, 0.2) is 5.13 Å². The third kappa shape index (κ3) is 2.31. The Labute approximate surface area is 95.9 Å². The van der Waals surface area contributed by atoms with Gasteiger partial charge < -0.3 is 5.73 Å². The Kier molecular flexibility index (Phi) is 3.05. The maximum Gasteiger partial charge on any atom is 0.181 e. The highest BCUT2D eigenvalue weighted by Gasteiger charge is 1.99. The van der Waals surface area contributed by atoms with Crippen molar-refractivity contribution in [3.8, 4) is 0 Å². The highest BCUT2D eigenvalue weighted by Crippen LogP contribution is 2.24. The van der Waals surface area contributed by atoms with Crippen LogP contribution in [0.5, 0.6) is 0 Å². The second-order valence-electron chi connectivity index (χ2n) is 3.10. The summed E-state index contributed by atoms with van der Waals surface area (Å²) in [6.45, 7) is 0.355. The molecule has 1 aromatic carbocycles. The molecular weight excluding hydrogens is 222 g/mol. The van der Waals surface area contributed by atoms with Gasteiger partial charge in [0.1, 0.15) is 0 Å². The van der Waals surface area contributed by atoms with E-state index in [1.54, 1.807) is 6.08 Å². The molecule has 0 aliphatic heterocycles. The van der Waals surface area contributed by atoms with Crippen molar-refractivity contribution >= 4 is 32.8 Å². The van der Waals surface area contributed by atoms with Gasteiger partial charge >= 0.3 is 0 Å². The predicted octanol–water partition coefficient (Wildman–Crippen LogP) is 3.20. The van der Waals surface area contributed by atoms with E-state index in [0.717, 1.165) is 15.8 Å². The molecule has 0 amide bonds. The Hall–Kier alpha value is -2.04. The molecule has 0 aliphatic rings. The molecule has 0 fully saturated rings. The fraction of sp³-hybridized carbons (Fsp3) is 0.100. The van der Waals surface area contributed by atoms with Gasteiger partial charge in [0, 0.05) is 11.5 Å². The van der Waals surface area contributed by atoms with Crippen LogP contribution in [0.2, 0.25) is 0 Å². The van der Waals surface area contributed by atoms with Gasteiger partial charge in [-0.2, -0.15) is 0 Å². The summed E-state index contributed by atoms with van der Waals surface area (Å²) in [5.74, 6) is 0. The third-order valence-corrected chi connectivity index (χ3v) is 2.85. The van der Waals surface area contributed by atoms with Crippen molar-refractivity contribution in [2.24, 2.45) is 5.11 Å². The van der Waals surface area contributed by atoms with Crippen molar-refractivity contribution in [2.45, 2.75) is 0 Å². The van der Waals surface area contributed by atoms with Crippen molar-refractivity contribution < 1.29 is 0 Å². The minimum Gasteiger partial charge on any atom is -0.375 e. The Morgan fingerprint density at radius 2 is 2.44 bits per heavy atom. The monoisotopic (exact) mass is 231 g/mol. The first-order chi connectivity index (χ1) is 7.79. The average molecular weight is 231 g/mol. The molecule has 0 spiro atoms. The Morgan fingerprint density at radius 3 is 3.25 bits per heavy atom. The van der Waals surface area contributed by atoms with Crippen molar-refractivity contribution in [1.29, 1.82) is 0 Å². The lowest BCUT2D eigenvalue weighted by molar-refractivity contribution is 1.22. The van der Waals surface area contributed by atoms with E-state index in [1.807, 2.05) is 24.3 Å². The van der Waals surface area contributed by atoms with Crippen LogP contribution in [0, 0.1) is 0 Å². The molecule has 2 N–H and O–H groups in total. The number of nitrogens with zero attached hydrogens (tertiary/aromatic N) is 4. The number of thiazole rings is 1. The third-order valence-electron chi connectivity index (χ3n) is 1.99. The first-order valence-corrected chi connectivity index (χ1v) is 5.45. The van der Waals surface area contributed by atoms with Crippen LogP contribution in [0.3, 0.4) is 0 Å². The van der Waals surface area contributed by atoms with E-state index in [4.69, 9.17) is 11.3 Å². The van der Waals surface area contributed by atoms with Crippen LogP contribution in [0.1, 0.15) is 5.56 Å². The van der Waals surface area contributed by atoms with Crippen molar-refractivity contribution in [2.75, 3.05) is 12.3 Å². The van der Waals surface area contributed by atoms with Crippen LogP contribution in [-0.2, 0) is 0 Å². The zero-order valence-corrected chi connectivity index (χ0v) is 9.18. The van der Waals surface area contributed by atoms with Crippen LogP contribution in [0.15, 0.2) is 29.4 Å². The van der Waals surface area contributed by atoms with E-state index in [9.17, 15) is 0 Å². The zero-order valence-electron chi connectivity index (χ0n) is 8.37. The number of nitrogen functional groups attached to an aromatic ring is 1. The number of benzene rings is 1. The van der Waals surface area contributed by atoms with E-state index in [2.05, 4.69) is 15.0 Å². The molecule has 0 bridgehead atoms. The quantitative estimate of drug-likeness (QED) is 0.499. The summed E-state index contributed by atoms with van der Waals surface area (Å²) >= 11 is 1.47. The molecule has 0 aliphatic carbocycles. The van der Waals surface area contributed by atoms with Crippen molar-refractivity contribution in [3.63, 3.8) is 0 Å². The molecule has 1 heterocycles. The second kappa shape index (κ2) is 4.65. The molecule has 6 heteroatoms. The van der Waals surface area contributed by atoms with E-state index in [0.29, 0.717) is 11.7 Å². The number of azide groups is 1. The average Bonchev–Trinajstić information content (AvgIpc) is 2.64. The van der Waals surface area contributed by atoms with E-state index >= 15 is 0 Å². The van der Waals surface area contributed by atoms with Gasteiger partial charge in [-0.05, 0) is 23.2 Å². The second-order valence-corrected chi connectivity index (χ2v) is 4.16. The summed E-state index contributed by atoms with van der Waals surface area (Å²) in [7, 11) is 0. The number of anilines is 1. The van der Waals surface area contributed by atoms with Gasteiger partial charge in [-0.15, -0.1) is 0 Å². The molecular formula is C10H9N5S. The number of hydrogen-bond donors (Lipinski definition) is 1. The lowest BCUT2D eigenvalue weighted by atomic mass is 10.2. The van der Waals surface area contributed by atoms with Crippen LogP contribution < -0.4 is 5.73 Å². The zero-order chi connectivity index (χ0) is 11.4. The molecule has 2 rings (SSSR count). The van der Waals surface area contributed by atoms with Crippen molar-refractivity contribution in [1.82, 2.24) is 4.98 Å². The number of rotatable bonds is 3. The maximum absolute atomic E-state index is 8.11. The summed E-state index contributed by atoms with van der Waals surface area (Å²) in [6.07, 6.45) is 3.69. The van der Waals surface area contributed by atoms with Gasteiger partial charge in [-0.3, -0.25) is 0 Å². The van der Waals surface area contributed by atoms with Gasteiger partial charge in [0.2, 0.25) is 0 Å². The predicted molar refractivity (Wildman–Crippen MR) is 67.1 cm³/mol. The summed E-state index contributed by atoms with van der Waals surface area (Å²) in [5.41, 5.74) is 15.6. The Bertz CT molecular complexity index is 580. The van der Waals surface area contributed by atoms with Gasteiger partial charge in [0.05, 0.1) is 10.2 Å². The molecule has 5 nitrogen and oxygen atoms in total. The summed E-state index contributed by atoms with van der Waals surface area (Å²) < 4.78 is 1.07. The fourth-order valence-electron chi connectivity index (χ4n) is 1.34. The van der Waals surface area contributed by atoms with Gasteiger partial charge in [-0.1, -0.05) is 34.7 Å². The van der Waals surface area contributed by atoms with Crippen molar-refractivity contribution in [3.05, 3.63) is 40.3 Å². The maximum atomic E-state index is 8.11. The molecule has 16 heavy (non-hydrogen) atoms. The topological polar surface area (TPSA) is 87.7 Å². The van der Waals surface area contributed by atoms with Crippen LogP contribution in [0.4, 0.5) is 5.13 Å². The molecule has 0 saturated heterocycles. The normalized spacial score (nSPS) is 10.8. The summed E-state index contributed by atoms with van der Waals surface area (Å²) in [4.78, 5) is 6.87. The standard InChI is InChI=1S/C10H9N5S/c11-10-14-8-6-7(2-1-5-13-15-12)3-4-9(8)16-10/h1-4,6H,5H2,(H2,11,14). The molecule has 2 aromatic rings. The minimum absolute atomic E-state index is 0.355. The number of aromatic nitrogens is 1.